The van der Waals surface area contributed by atoms with E-state index < -0.39 is 11.2 Å². The van der Waals surface area contributed by atoms with Crippen LogP contribution in [0.25, 0.3) is 0 Å². The normalized spacial score (nSPS) is 12.2. The molecule has 0 aliphatic heterocycles. The van der Waals surface area contributed by atoms with E-state index >= 15 is 0 Å². The number of aliphatic hydroxyl groups is 1. The number of nitrogens with one attached hydrogen (secondary N) is 1. The molecule has 0 aliphatic carbocycles. The minimum Gasteiger partial charge on any atom is -0.507 e. The van der Waals surface area contributed by atoms with Crippen LogP contribution in [0.1, 0.15) is 12.5 Å². The highest BCUT2D eigenvalue weighted by molar-refractivity contribution is 5.66. The maximum Gasteiger partial charge on any atom is 0.296 e. The van der Waals surface area contributed by atoms with Crippen molar-refractivity contribution in [2.45, 2.75) is 20.1 Å². The van der Waals surface area contributed by atoms with Crippen molar-refractivity contribution >= 4 is 11.4 Å². The Morgan fingerprint density at radius 3 is 2.60 bits per heavy atom. The van der Waals surface area contributed by atoms with Gasteiger partial charge in [0.1, 0.15) is 17.7 Å². The van der Waals surface area contributed by atoms with E-state index in [1.165, 1.54) is 13.0 Å². The summed E-state index contributed by atoms with van der Waals surface area (Å²) in [5.74, 6) is -0.141. The average Bonchev–Trinajstić information content (AvgIpc) is 2.09. The van der Waals surface area contributed by atoms with E-state index in [1.807, 2.05) is 0 Å². The van der Waals surface area contributed by atoms with Crippen molar-refractivity contribution < 1.29 is 15.1 Å². The van der Waals surface area contributed by atoms with Gasteiger partial charge in [-0.3, -0.25) is 10.1 Å². The third-order valence-electron chi connectivity index (χ3n) is 1.88. The summed E-state index contributed by atoms with van der Waals surface area (Å²) < 4.78 is 0. The number of aliphatic hydroxyl groups excluding tert-OH is 1. The van der Waals surface area contributed by atoms with Gasteiger partial charge in [-0.15, -0.1) is 0 Å². The second kappa shape index (κ2) is 4.14. The van der Waals surface area contributed by atoms with Crippen LogP contribution >= 0.6 is 0 Å². The van der Waals surface area contributed by atoms with Gasteiger partial charge in [0, 0.05) is 0 Å². The van der Waals surface area contributed by atoms with Gasteiger partial charge in [-0.05, 0) is 25.5 Å². The van der Waals surface area contributed by atoms with Crippen LogP contribution in [-0.4, -0.2) is 21.4 Å². The molecule has 0 amide bonds. The molecular formula is C9H12N2O4. The summed E-state index contributed by atoms with van der Waals surface area (Å²) in [7, 11) is 0. The van der Waals surface area contributed by atoms with Gasteiger partial charge in [-0.2, -0.15) is 0 Å². The molecule has 1 aromatic rings. The predicted molar refractivity (Wildman–Crippen MR) is 54.8 cm³/mol. The Labute approximate surface area is 86.3 Å². The first-order valence-electron chi connectivity index (χ1n) is 4.34. The van der Waals surface area contributed by atoms with Gasteiger partial charge in [0.25, 0.3) is 5.69 Å². The summed E-state index contributed by atoms with van der Waals surface area (Å²) in [6.07, 6.45) is -0.896. The lowest BCUT2D eigenvalue weighted by Gasteiger charge is -2.10. The lowest BCUT2D eigenvalue weighted by Crippen LogP contribution is -2.14. The summed E-state index contributed by atoms with van der Waals surface area (Å²) >= 11 is 0. The molecular weight excluding hydrogens is 200 g/mol. The SMILES string of the molecule is Cc1cc(NC(C)O)c([N+](=O)[O-])cc1O. The number of phenolic OH excluding ortho intramolecular Hbond substituents is 1. The highest BCUT2D eigenvalue weighted by atomic mass is 16.6. The molecule has 0 radical (unpaired) electrons. The zero-order chi connectivity index (χ0) is 11.6. The molecule has 1 atom stereocenters. The molecule has 1 rings (SSSR count). The lowest BCUT2D eigenvalue weighted by atomic mass is 10.1. The standard InChI is InChI=1S/C9H12N2O4/c1-5-3-7(10-6(2)12)8(11(14)15)4-9(5)13/h3-4,6,10,12-13H,1-2H3. The minimum atomic E-state index is -0.896. The number of aryl methyl sites for hydroxylation is 1. The molecule has 0 aliphatic rings. The first kappa shape index (κ1) is 11.3. The third-order valence-corrected chi connectivity index (χ3v) is 1.88. The van der Waals surface area contributed by atoms with E-state index in [2.05, 4.69) is 5.32 Å². The Balaban J connectivity index is 3.22. The second-order valence-electron chi connectivity index (χ2n) is 3.23. The van der Waals surface area contributed by atoms with Crippen LogP contribution in [0.4, 0.5) is 11.4 Å². The number of benzene rings is 1. The van der Waals surface area contributed by atoms with Gasteiger partial charge >= 0.3 is 0 Å². The number of aromatic hydroxyl groups is 1. The van der Waals surface area contributed by atoms with Gasteiger partial charge in [0.2, 0.25) is 0 Å². The van der Waals surface area contributed by atoms with E-state index in [1.54, 1.807) is 6.92 Å². The highest BCUT2D eigenvalue weighted by Gasteiger charge is 2.17. The van der Waals surface area contributed by atoms with Gasteiger partial charge in [-0.1, -0.05) is 0 Å². The summed E-state index contributed by atoms with van der Waals surface area (Å²) in [5, 5.41) is 31.6. The summed E-state index contributed by atoms with van der Waals surface area (Å²) in [4.78, 5) is 10.0. The number of nitro groups is 1. The Morgan fingerprint density at radius 1 is 1.53 bits per heavy atom. The maximum atomic E-state index is 10.6. The van der Waals surface area contributed by atoms with Crippen molar-refractivity contribution in [1.29, 1.82) is 0 Å². The van der Waals surface area contributed by atoms with Crippen LogP contribution in [0.15, 0.2) is 12.1 Å². The summed E-state index contributed by atoms with van der Waals surface area (Å²) in [6.45, 7) is 3.07. The van der Waals surface area contributed by atoms with E-state index in [4.69, 9.17) is 5.11 Å². The van der Waals surface area contributed by atoms with Crippen molar-refractivity contribution in [3.05, 3.63) is 27.8 Å². The molecule has 3 N–H and O–H groups in total. The molecule has 0 heterocycles. The second-order valence-corrected chi connectivity index (χ2v) is 3.23. The quantitative estimate of drug-likeness (QED) is 0.304. The van der Waals surface area contributed by atoms with E-state index in [9.17, 15) is 15.2 Å². The third kappa shape index (κ3) is 2.57. The number of hydrogen-bond acceptors (Lipinski definition) is 5. The minimum absolute atomic E-state index is 0.141. The first-order chi connectivity index (χ1) is 6.91. The zero-order valence-electron chi connectivity index (χ0n) is 8.39. The van der Waals surface area contributed by atoms with Gasteiger partial charge in [0.15, 0.2) is 0 Å². The Hall–Kier alpha value is -1.82. The van der Waals surface area contributed by atoms with Crippen LogP contribution in [-0.2, 0) is 0 Å². The average molecular weight is 212 g/mol. The van der Waals surface area contributed by atoms with Crippen molar-refractivity contribution in [2.24, 2.45) is 0 Å². The Bertz CT molecular complexity index is 390. The largest absolute Gasteiger partial charge is 0.507 e. The molecule has 82 valence electrons. The number of hydrogen-bond donors (Lipinski definition) is 3. The maximum absolute atomic E-state index is 10.6. The molecule has 0 saturated heterocycles. The molecule has 0 spiro atoms. The molecule has 1 aromatic carbocycles. The van der Waals surface area contributed by atoms with Crippen LogP contribution < -0.4 is 5.32 Å². The van der Waals surface area contributed by atoms with Crippen molar-refractivity contribution in [1.82, 2.24) is 0 Å². The zero-order valence-corrected chi connectivity index (χ0v) is 8.39. The number of rotatable bonds is 3. The lowest BCUT2D eigenvalue weighted by molar-refractivity contribution is -0.384. The summed E-state index contributed by atoms with van der Waals surface area (Å²) in [5.41, 5.74) is 0.424. The van der Waals surface area contributed by atoms with E-state index in [0.717, 1.165) is 6.07 Å². The topological polar surface area (TPSA) is 95.6 Å². The molecule has 6 heteroatoms. The monoisotopic (exact) mass is 212 g/mol. The van der Waals surface area contributed by atoms with Crippen LogP contribution in [0.3, 0.4) is 0 Å². The Morgan fingerprint density at radius 2 is 2.13 bits per heavy atom. The van der Waals surface area contributed by atoms with Gasteiger partial charge in [0.05, 0.1) is 11.0 Å². The van der Waals surface area contributed by atoms with E-state index in [0.29, 0.717) is 5.56 Å². The number of anilines is 1. The molecule has 1 unspecified atom stereocenters. The number of nitrogens with zero attached hydrogens (tertiary/aromatic N) is 1. The fraction of sp³-hybridized carbons (Fsp3) is 0.333. The molecule has 0 saturated carbocycles. The molecule has 0 fully saturated rings. The fourth-order valence-electron chi connectivity index (χ4n) is 1.18. The molecule has 6 nitrogen and oxygen atoms in total. The number of phenols is 1. The highest BCUT2D eigenvalue weighted by Crippen LogP contribution is 2.31. The fourth-order valence-corrected chi connectivity index (χ4v) is 1.18. The number of nitro benzene ring substituents is 1. The molecule has 0 bridgehead atoms. The van der Waals surface area contributed by atoms with Crippen molar-refractivity contribution in [2.75, 3.05) is 5.32 Å². The van der Waals surface area contributed by atoms with Gasteiger partial charge < -0.3 is 15.5 Å². The molecule has 15 heavy (non-hydrogen) atoms. The van der Waals surface area contributed by atoms with Gasteiger partial charge in [-0.25, -0.2) is 0 Å². The van der Waals surface area contributed by atoms with E-state index in [-0.39, 0.29) is 17.1 Å². The smallest absolute Gasteiger partial charge is 0.296 e. The van der Waals surface area contributed by atoms with Crippen molar-refractivity contribution in [3.63, 3.8) is 0 Å². The van der Waals surface area contributed by atoms with Crippen LogP contribution in [0.2, 0.25) is 0 Å². The van der Waals surface area contributed by atoms with Crippen LogP contribution in [0.5, 0.6) is 5.75 Å². The van der Waals surface area contributed by atoms with Crippen LogP contribution in [0, 0.1) is 17.0 Å². The summed E-state index contributed by atoms with van der Waals surface area (Å²) in [6, 6.07) is 2.47. The Kier molecular flexibility index (Phi) is 3.11. The van der Waals surface area contributed by atoms with Crippen molar-refractivity contribution in [3.8, 4) is 5.75 Å². The predicted octanol–water partition coefficient (Wildman–Crippen LogP) is 1.36. The first-order valence-corrected chi connectivity index (χ1v) is 4.34. The molecule has 0 aromatic heterocycles.